The predicted molar refractivity (Wildman–Crippen MR) is 83.7 cm³/mol. The van der Waals surface area contributed by atoms with Crippen molar-refractivity contribution in [2.45, 2.75) is 19.4 Å². The number of hydrogen-bond acceptors (Lipinski definition) is 4. The molecule has 0 saturated carbocycles. The fraction of sp³-hybridized carbons (Fsp3) is 0.250. The fourth-order valence-corrected chi connectivity index (χ4v) is 3.25. The molecule has 0 N–H and O–H groups in total. The van der Waals surface area contributed by atoms with Crippen molar-refractivity contribution in [2.24, 2.45) is 5.10 Å². The molecule has 3 rings (SSSR count). The van der Waals surface area contributed by atoms with E-state index >= 15 is 0 Å². The number of hydrazone groups is 1. The Morgan fingerprint density at radius 2 is 2.19 bits per heavy atom. The molecule has 0 unspecified atom stereocenters. The maximum absolute atomic E-state index is 11.9. The van der Waals surface area contributed by atoms with Gasteiger partial charge in [0.05, 0.1) is 18.9 Å². The standard InChI is InChI=1S/C16H16N2O2S/c1-11(19)18-15(13-5-3-4-6-16(13)20-2)9-14(17-18)12-7-8-21-10-12/h3-8,10,15H,9H2,1-2H3/t15-/m0/s1. The topological polar surface area (TPSA) is 41.9 Å². The van der Waals surface area contributed by atoms with E-state index in [1.54, 1.807) is 30.4 Å². The normalized spacial score (nSPS) is 17.7. The summed E-state index contributed by atoms with van der Waals surface area (Å²) in [4.78, 5) is 11.9. The third-order valence-corrected chi connectivity index (χ3v) is 4.27. The second kappa shape index (κ2) is 5.69. The first-order valence-electron chi connectivity index (χ1n) is 6.73. The van der Waals surface area contributed by atoms with E-state index in [2.05, 4.69) is 10.5 Å². The molecule has 0 spiro atoms. The number of thiophene rings is 1. The molecule has 4 nitrogen and oxygen atoms in total. The lowest BCUT2D eigenvalue weighted by molar-refractivity contribution is -0.130. The van der Waals surface area contributed by atoms with Gasteiger partial charge < -0.3 is 4.74 Å². The van der Waals surface area contributed by atoms with Gasteiger partial charge in [-0.3, -0.25) is 4.79 Å². The Bertz CT molecular complexity index is 679. The molecule has 1 aromatic heterocycles. The summed E-state index contributed by atoms with van der Waals surface area (Å²) in [7, 11) is 1.65. The van der Waals surface area contributed by atoms with Crippen LogP contribution in [0.5, 0.6) is 5.75 Å². The van der Waals surface area contributed by atoms with Gasteiger partial charge >= 0.3 is 0 Å². The molecule has 0 saturated heterocycles. The average Bonchev–Trinajstić information content (AvgIpc) is 3.16. The summed E-state index contributed by atoms with van der Waals surface area (Å²) in [5.74, 6) is 0.728. The molecule has 0 radical (unpaired) electrons. The summed E-state index contributed by atoms with van der Waals surface area (Å²) in [5, 5.41) is 10.2. The van der Waals surface area contributed by atoms with Crippen LogP contribution >= 0.6 is 11.3 Å². The smallest absolute Gasteiger partial charge is 0.240 e. The van der Waals surface area contributed by atoms with Crippen LogP contribution in [0.4, 0.5) is 0 Å². The van der Waals surface area contributed by atoms with E-state index < -0.39 is 0 Å². The van der Waals surface area contributed by atoms with Gasteiger partial charge in [0.2, 0.25) is 5.91 Å². The Morgan fingerprint density at radius 3 is 2.86 bits per heavy atom. The minimum absolute atomic E-state index is 0.0591. The highest BCUT2D eigenvalue weighted by atomic mass is 32.1. The van der Waals surface area contributed by atoms with Crippen LogP contribution in [0.1, 0.15) is 30.5 Å². The van der Waals surface area contributed by atoms with Gasteiger partial charge in [0.1, 0.15) is 5.75 Å². The molecule has 1 amide bonds. The van der Waals surface area contributed by atoms with Gasteiger partial charge in [0, 0.05) is 24.5 Å². The van der Waals surface area contributed by atoms with Gasteiger partial charge in [0.25, 0.3) is 0 Å². The monoisotopic (exact) mass is 300 g/mol. The number of rotatable bonds is 3. The number of nitrogens with zero attached hydrogens (tertiary/aromatic N) is 2. The molecule has 21 heavy (non-hydrogen) atoms. The maximum Gasteiger partial charge on any atom is 0.240 e. The molecular formula is C16H16N2O2S. The molecule has 1 aliphatic heterocycles. The third kappa shape index (κ3) is 2.56. The first-order valence-corrected chi connectivity index (χ1v) is 7.67. The minimum atomic E-state index is -0.103. The summed E-state index contributed by atoms with van der Waals surface area (Å²) in [6, 6.07) is 9.72. The number of hydrogen-bond donors (Lipinski definition) is 0. The lowest BCUT2D eigenvalue weighted by atomic mass is 9.99. The second-order valence-electron chi connectivity index (χ2n) is 4.88. The average molecular weight is 300 g/mol. The minimum Gasteiger partial charge on any atom is -0.496 e. The largest absolute Gasteiger partial charge is 0.496 e. The van der Waals surface area contributed by atoms with Crippen LogP contribution < -0.4 is 4.74 Å². The van der Waals surface area contributed by atoms with E-state index in [4.69, 9.17) is 4.74 Å². The number of methoxy groups -OCH3 is 1. The molecule has 2 heterocycles. The van der Waals surface area contributed by atoms with E-state index in [1.807, 2.05) is 35.7 Å². The predicted octanol–water partition coefficient (Wildman–Crippen LogP) is 3.45. The van der Waals surface area contributed by atoms with E-state index in [9.17, 15) is 4.79 Å². The van der Waals surface area contributed by atoms with E-state index in [0.29, 0.717) is 6.42 Å². The molecule has 5 heteroatoms. The summed E-state index contributed by atoms with van der Waals surface area (Å²) >= 11 is 1.63. The SMILES string of the molecule is COc1ccccc1[C@@H]1CC(c2ccsc2)=NN1C(C)=O. The number of benzene rings is 1. The number of para-hydroxylation sites is 1. The zero-order valence-electron chi connectivity index (χ0n) is 11.9. The molecule has 0 bridgehead atoms. The first kappa shape index (κ1) is 13.8. The first-order chi connectivity index (χ1) is 10.2. The van der Waals surface area contributed by atoms with Gasteiger partial charge in [-0.05, 0) is 22.9 Å². The quantitative estimate of drug-likeness (QED) is 0.871. The van der Waals surface area contributed by atoms with Gasteiger partial charge in [-0.1, -0.05) is 18.2 Å². The fourth-order valence-electron chi connectivity index (χ4n) is 2.59. The zero-order valence-corrected chi connectivity index (χ0v) is 12.8. The lowest BCUT2D eigenvalue weighted by Gasteiger charge is -2.22. The summed E-state index contributed by atoms with van der Waals surface area (Å²) in [5.41, 5.74) is 3.02. The van der Waals surface area contributed by atoms with Gasteiger partial charge in [0.15, 0.2) is 0 Å². The zero-order chi connectivity index (χ0) is 14.8. The van der Waals surface area contributed by atoms with Crippen molar-refractivity contribution in [3.8, 4) is 5.75 Å². The van der Waals surface area contributed by atoms with Crippen molar-refractivity contribution in [3.05, 3.63) is 52.2 Å². The number of amides is 1. The van der Waals surface area contributed by atoms with Crippen molar-refractivity contribution >= 4 is 23.0 Å². The van der Waals surface area contributed by atoms with Crippen LogP contribution in [-0.4, -0.2) is 23.7 Å². The molecule has 1 aromatic carbocycles. The second-order valence-corrected chi connectivity index (χ2v) is 5.66. The van der Waals surface area contributed by atoms with Crippen LogP contribution in [0.15, 0.2) is 46.2 Å². The summed E-state index contributed by atoms with van der Waals surface area (Å²) in [6.45, 7) is 1.54. The van der Waals surface area contributed by atoms with Crippen LogP contribution in [0.25, 0.3) is 0 Å². The molecule has 1 aliphatic rings. The third-order valence-electron chi connectivity index (χ3n) is 3.59. The van der Waals surface area contributed by atoms with Crippen LogP contribution in [0.2, 0.25) is 0 Å². The van der Waals surface area contributed by atoms with E-state index in [1.165, 1.54) is 0 Å². The Balaban J connectivity index is 1.98. The maximum atomic E-state index is 11.9. The molecule has 1 atom stereocenters. The number of carbonyl (C=O) groups excluding carboxylic acids is 1. The highest BCUT2D eigenvalue weighted by molar-refractivity contribution is 7.08. The van der Waals surface area contributed by atoms with Crippen LogP contribution in [0.3, 0.4) is 0 Å². The van der Waals surface area contributed by atoms with Crippen LogP contribution in [0, 0.1) is 0 Å². The molecular weight excluding hydrogens is 284 g/mol. The van der Waals surface area contributed by atoms with Crippen molar-refractivity contribution in [2.75, 3.05) is 7.11 Å². The molecule has 0 aliphatic carbocycles. The van der Waals surface area contributed by atoms with Crippen molar-refractivity contribution in [1.29, 1.82) is 0 Å². The Morgan fingerprint density at radius 1 is 1.38 bits per heavy atom. The molecule has 108 valence electrons. The number of ether oxygens (including phenoxy) is 1. The number of carbonyl (C=O) groups is 1. The van der Waals surface area contributed by atoms with Gasteiger partial charge in [-0.2, -0.15) is 16.4 Å². The van der Waals surface area contributed by atoms with Crippen molar-refractivity contribution in [1.82, 2.24) is 5.01 Å². The molecule has 2 aromatic rings. The lowest BCUT2D eigenvalue weighted by Crippen LogP contribution is -2.24. The van der Waals surface area contributed by atoms with E-state index in [-0.39, 0.29) is 11.9 Å². The highest BCUT2D eigenvalue weighted by Crippen LogP contribution is 2.37. The van der Waals surface area contributed by atoms with Crippen molar-refractivity contribution in [3.63, 3.8) is 0 Å². The van der Waals surface area contributed by atoms with Gasteiger partial charge in [-0.15, -0.1) is 0 Å². The highest BCUT2D eigenvalue weighted by Gasteiger charge is 2.33. The summed E-state index contributed by atoms with van der Waals surface area (Å²) in [6.07, 6.45) is 0.705. The Hall–Kier alpha value is -2.14. The van der Waals surface area contributed by atoms with Gasteiger partial charge in [-0.25, -0.2) is 5.01 Å². The summed E-state index contributed by atoms with van der Waals surface area (Å²) < 4.78 is 5.42. The van der Waals surface area contributed by atoms with Crippen LogP contribution in [-0.2, 0) is 4.79 Å². The van der Waals surface area contributed by atoms with Crippen molar-refractivity contribution < 1.29 is 9.53 Å². The Kier molecular flexibility index (Phi) is 3.75. The Labute approximate surface area is 127 Å². The molecule has 0 fully saturated rings. The van der Waals surface area contributed by atoms with E-state index in [0.717, 1.165) is 22.6 Å².